The average Bonchev–Trinajstić information content (AvgIpc) is 2.67. The number of fused-ring (bicyclic) bond motifs is 1. The molecule has 0 aliphatic carbocycles. The first-order valence-corrected chi connectivity index (χ1v) is 8.51. The zero-order valence-corrected chi connectivity index (χ0v) is 15.0. The summed E-state index contributed by atoms with van der Waals surface area (Å²) in [4.78, 5) is 24.4. The number of ether oxygens (including phenoxy) is 1. The third-order valence-electron chi connectivity index (χ3n) is 4.27. The van der Waals surface area contributed by atoms with Crippen LogP contribution in [0.3, 0.4) is 0 Å². The number of H-pyrrole nitrogens is 1. The van der Waals surface area contributed by atoms with Crippen LogP contribution >= 0.6 is 0 Å². The highest BCUT2D eigenvalue weighted by Gasteiger charge is 2.12. The third kappa shape index (κ3) is 3.37. The SMILES string of the molecule is COc1cccc(-c2ccnc3nc(Nc4cccc(C)c4)[nH]c(=O)c23)c1. The van der Waals surface area contributed by atoms with E-state index in [1.54, 1.807) is 13.3 Å². The smallest absolute Gasteiger partial charge is 0.262 e. The predicted octanol–water partition coefficient (Wildman–Crippen LogP) is 4.05. The van der Waals surface area contributed by atoms with Crippen molar-refractivity contribution in [2.75, 3.05) is 12.4 Å². The molecule has 0 atom stereocenters. The number of rotatable bonds is 4. The Kier molecular flexibility index (Phi) is 4.30. The Balaban J connectivity index is 1.81. The second kappa shape index (κ2) is 6.92. The zero-order chi connectivity index (χ0) is 18.8. The molecule has 4 aromatic rings. The minimum Gasteiger partial charge on any atom is -0.497 e. The molecule has 2 aromatic heterocycles. The van der Waals surface area contributed by atoms with E-state index < -0.39 is 0 Å². The summed E-state index contributed by atoms with van der Waals surface area (Å²) in [5.41, 5.74) is 3.72. The quantitative estimate of drug-likeness (QED) is 0.575. The van der Waals surface area contributed by atoms with Gasteiger partial charge in [0.2, 0.25) is 5.95 Å². The van der Waals surface area contributed by atoms with Crippen molar-refractivity contribution in [2.45, 2.75) is 6.92 Å². The summed E-state index contributed by atoms with van der Waals surface area (Å²) in [6.45, 7) is 2.00. The molecule has 0 unspecified atom stereocenters. The van der Waals surface area contributed by atoms with Gasteiger partial charge < -0.3 is 10.1 Å². The van der Waals surface area contributed by atoms with E-state index in [-0.39, 0.29) is 5.56 Å². The van der Waals surface area contributed by atoms with Crippen molar-refractivity contribution in [3.05, 3.63) is 76.7 Å². The summed E-state index contributed by atoms with van der Waals surface area (Å²) in [5, 5.41) is 3.57. The predicted molar refractivity (Wildman–Crippen MR) is 107 cm³/mol. The van der Waals surface area contributed by atoms with Gasteiger partial charge in [-0.1, -0.05) is 24.3 Å². The molecule has 0 spiro atoms. The monoisotopic (exact) mass is 358 g/mol. The maximum Gasteiger partial charge on any atom is 0.262 e. The van der Waals surface area contributed by atoms with Crippen LogP contribution in [0.2, 0.25) is 0 Å². The minimum atomic E-state index is -0.249. The summed E-state index contributed by atoms with van der Waals surface area (Å²) < 4.78 is 5.29. The van der Waals surface area contributed by atoms with Gasteiger partial charge in [0.1, 0.15) is 5.75 Å². The van der Waals surface area contributed by atoms with Crippen molar-refractivity contribution in [3.8, 4) is 16.9 Å². The van der Waals surface area contributed by atoms with Crippen LogP contribution < -0.4 is 15.6 Å². The van der Waals surface area contributed by atoms with E-state index in [2.05, 4.69) is 20.3 Å². The summed E-state index contributed by atoms with van der Waals surface area (Å²) >= 11 is 0. The number of benzene rings is 2. The van der Waals surface area contributed by atoms with Crippen molar-refractivity contribution in [1.29, 1.82) is 0 Å². The third-order valence-corrected chi connectivity index (χ3v) is 4.27. The van der Waals surface area contributed by atoms with Gasteiger partial charge in [-0.25, -0.2) is 4.98 Å². The van der Waals surface area contributed by atoms with Crippen LogP contribution in [0.1, 0.15) is 5.56 Å². The molecule has 6 nitrogen and oxygen atoms in total. The second-order valence-electron chi connectivity index (χ2n) is 6.20. The molecule has 0 fully saturated rings. The Labute approximate surface area is 155 Å². The van der Waals surface area contributed by atoms with E-state index in [9.17, 15) is 4.79 Å². The van der Waals surface area contributed by atoms with Crippen molar-refractivity contribution in [1.82, 2.24) is 15.0 Å². The molecular formula is C21H18N4O2. The maximum atomic E-state index is 12.8. The fourth-order valence-corrected chi connectivity index (χ4v) is 3.01. The van der Waals surface area contributed by atoms with Gasteiger partial charge in [0.25, 0.3) is 5.56 Å². The Hall–Kier alpha value is -3.67. The minimum absolute atomic E-state index is 0.249. The van der Waals surface area contributed by atoms with Gasteiger partial charge in [-0.2, -0.15) is 4.98 Å². The van der Waals surface area contributed by atoms with E-state index in [0.717, 1.165) is 28.1 Å². The number of pyridine rings is 1. The molecule has 0 amide bonds. The molecule has 0 aliphatic rings. The highest BCUT2D eigenvalue weighted by atomic mass is 16.5. The van der Waals surface area contributed by atoms with Crippen LogP contribution in [-0.2, 0) is 0 Å². The molecule has 0 aliphatic heterocycles. The summed E-state index contributed by atoms with van der Waals surface area (Å²) in [5.74, 6) is 1.08. The molecule has 0 saturated carbocycles. The van der Waals surface area contributed by atoms with Crippen LogP contribution in [0.4, 0.5) is 11.6 Å². The van der Waals surface area contributed by atoms with E-state index in [1.165, 1.54) is 0 Å². The lowest BCUT2D eigenvalue weighted by molar-refractivity contribution is 0.415. The number of aromatic nitrogens is 3. The van der Waals surface area contributed by atoms with Gasteiger partial charge in [0.05, 0.1) is 12.5 Å². The van der Waals surface area contributed by atoms with Crippen molar-refractivity contribution >= 4 is 22.7 Å². The number of aromatic amines is 1. The zero-order valence-electron chi connectivity index (χ0n) is 15.0. The van der Waals surface area contributed by atoms with Gasteiger partial charge >= 0.3 is 0 Å². The number of nitrogens with one attached hydrogen (secondary N) is 2. The van der Waals surface area contributed by atoms with Gasteiger partial charge in [0, 0.05) is 11.9 Å². The molecule has 4 rings (SSSR count). The molecule has 134 valence electrons. The topological polar surface area (TPSA) is 79.9 Å². The second-order valence-corrected chi connectivity index (χ2v) is 6.20. The Bertz CT molecular complexity index is 1180. The maximum absolute atomic E-state index is 12.8. The molecule has 0 radical (unpaired) electrons. The van der Waals surface area contributed by atoms with Gasteiger partial charge in [-0.15, -0.1) is 0 Å². The molecule has 0 saturated heterocycles. The molecule has 2 heterocycles. The Morgan fingerprint density at radius 3 is 2.74 bits per heavy atom. The molecule has 27 heavy (non-hydrogen) atoms. The number of aryl methyl sites for hydroxylation is 1. The highest BCUT2D eigenvalue weighted by molar-refractivity contribution is 5.92. The van der Waals surface area contributed by atoms with Crippen molar-refractivity contribution in [2.24, 2.45) is 0 Å². The number of hydrogen-bond donors (Lipinski definition) is 2. The van der Waals surface area contributed by atoms with Crippen LogP contribution in [0.5, 0.6) is 5.75 Å². The lowest BCUT2D eigenvalue weighted by Gasteiger charge is -2.09. The Morgan fingerprint density at radius 2 is 1.93 bits per heavy atom. The van der Waals surface area contributed by atoms with E-state index >= 15 is 0 Å². The van der Waals surface area contributed by atoms with Crippen molar-refractivity contribution in [3.63, 3.8) is 0 Å². The van der Waals surface area contributed by atoms with Gasteiger partial charge in [-0.05, 0) is 53.9 Å². The standard InChI is InChI=1S/C21H18N4O2/c1-13-5-3-7-15(11-13)23-21-24-19-18(20(26)25-21)17(9-10-22-19)14-6-4-8-16(12-14)27-2/h3-12H,1-2H3,(H2,22,23,24,25,26). The van der Waals surface area contributed by atoms with E-state index in [4.69, 9.17) is 4.74 Å². The lowest BCUT2D eigenvalue weighted by Crippen LogP contribution is -2.13. The molecule has 2 N–H and O–H groups in total. The number of nitrogens with zero attached hydrogens (tertiary/aromatic N) is 2. The fourth-order valence-electron chi connectivity index (χ4n) is 3.01. The lowest BCUT2D eigenvalue weighted by atomic mass is 10.0. The Morgan fingerprint density at radius 1 is 1.07 bits per heavy atom. The highest BCUT2D eigenvalue weighted by Crippen LogP contribution is 2.27. The average molecular weight is 358 g/mol. The number of anilines is 2. The van der Waals surface area contributed by atoms with Crippen molar-refractivity contribution < 1.29 is 4.74 Å². The van der Waals surface area contributed by atoms with Gasteiger partial charge in [0.15, 0.2) is 5.65 Å². The summed E-state index contributed by atoms with van der Waals surface area (Å²) in [6.07, 6.45) is 1.65. The molecule has 2 aromatic carbocycles. The van der Waals surface area contributed by atoms with E-state index in [1.807, 2.05) is 61.5 Å². The molecule has 0 bridgehead atoms. The summed E-state index contributed by atoms with van der Waals surface area (Å²) in [6, 6.07) is 17.2. The fraction of sp³-hybridized carbons (Fsp3) is 0.0952. The number of methoxy groups -OCH3 is 1. The molecule has 6 heteroatoms. The molecular weight excluding hydrogens is 340 g/mol. The van der Waals surface area contributed by atoms with Crippen LogP contribution in [0.25, 0.3) is 22.2 Å². The van der Waals surface area contributed by atoms with E-state index in [0.29, 0.717) is 17.0 Å². The van der Waals surface area contributed by atoms with Crippen LogP contribution in [0, 0.1) is 6.92 Å². The summed E-state index contributed by atoms with van der Waals surface area (Å²) in [7, 11) is 1.61. The first-order valence-electron chi connectivity index (χ1n) is 8.51. The first kappa shape index (κ1) is 16.8. The largest absolute Gasteiger partial charge is 0.497 e. The normalized spacial score (nSPS) is 10.7. The van der Waals surface area contributed by atoms with Crippen LogP contribution in [-0.4, -0.2) is 22.1 Å². The van der Waals surface area contributed by atoms with Crippen LogP contribution in [0.15, 0.2) is 65.6 Å². The first-order chi connectivity index (χ1) is 13.1. The number of hydrogen-bond acceptors (Lipinski definition) is 5. The van der Waals surface area contributed by atoms with Gasteiger partial charge in [-0.3, -0.25) is 9.78 Å².